The minimum absolute atomic E-state index is 0.289. The number of aromatic amines is 1. The summed E-state index contributed by atoms with van der Waals surface area (Å²) in [4.78, 5) is 48.0. The van der Waals surface area contributed by atoms with Gasteiger partial charge in [-0.3, -0.25) is 14.5 Å². The van der Waals surface area contributed by atoms with Crippen LogP contribution in [0.2, 0.25) is 0 Å². The molecule has 1 aromatic heterocycles. The molecule has 2 atom stereocenters. The first-order valence-corrected chi connectivity index (χ1v) is 13.5. The van der Waals surface area contributed by atoms with Crippen molar-refractivity contribution in [1.29, 1.82) is 0 Å². The van der Waals surface area contributed by atoms with E-state index in [1.165, 1.54) is 4.90 Å². The van der Waals surface area contributed by atoms with Gasteiger partial charge in [0.25, 0.3) is 11.8 Å². The van der Waals surface area contributed by atoms with Crippen LogP contribution in [-0.2, 0) is 11.2 Å². The normalized spacial score (nSPS) is 18.6. The van der Waals surface area contributed by atoms with Gasteiger partial charge in [-0.1, -0.05) is 68.4 Å². The van der Waals surface area contributed by atoms with Gasteiger partial charge in [0.15, 0.2) is 0 Å². The van der Waals surface area contributed by atoms with E-state index >= 15 is 0 Å². The molecule has 1 saturated heterocycles. The largest absolute Gasteiger partial charge is 0.356 e. The predicted molar refractivity (Wildman–Crippen MR) is 152 cm³/mol. The van der Waals surface area contributed by atoms with Crippen molar-refractivity contribution in [3.8, 4) is 0 Å². The molecule has 6 rings (SSSR count). The average Bonchev–Trinajstić information content (AvgIpc) is 3.42. The van der Waals surface area contributed by atoms with Gasteiger partial charge in [0.05, 0.1) is 11.3 Å². The third-order valence-corrected chi connectivity index (χ3v) is 7.93. The Hall–Kier alpha value is -4.39. The van der Waals surface area contributed by atoms with Gasteiger partial charge in [0.1, 0.15) is 12.1 Å². The topological polar surface area (TPSA) is 85.5 Å². The van der Waals surface area contributed by atoms with Crippen LogP contribution in [0.25, 0.3) is 10.9 Å². The molecule has 7 heteroatoms. The van der Waals surface area contributed by atoms with Crippen LogP contribution in [0.3, 0.4) is 0 Å². The second kappa shape index (κ2) is 9.73. The maximum atomic E-state index is 14.2. The Morgan fingerprint density at radius 1 is 1.00 bits per heavy atom. The Kier molecular flexibility index (Phi) is 6.22. The number of rotatable bonds is 6. The van der Waals surface area contributed by atoms with Gasteiger partial charge < -0.3 is 10.3 Å². The predicted octanol–water partition coefficient (Wildman–Crippen LogP) is 5.74. The number of benzene rings is 3. The van der Waals surface area contributed by atoms with Crippen LogP contribution in [0.4, 0.5) is 10.5 Å². The lowest BCUT2D eigenvalue weighted by atomic mass is 9.87. The van der Waals surface area contributed by atoms with Gasteiger partial charge in [0.2, 0.25) is 0 Å². The molecule has 7 nitrogen and oxygen atoms in total. The highest BCUT2D eigenvalue weighted by Gasteiger charge is 2.53. The summed E-state index contributed by atoms with van der Waals surface area (Å²) in [5, 5.41) is 4.02. The van der Waals surface area contributed by atoms with Crippen molar-refractivity contribution in [3.63, 3.8) is 0 Å². The molecule has 1 fully saturated rings. The molecule has 0 saturated carbocycles. The Bertz CT molecular complexity index is 1600. The maximum Gasteiger partial charge on any atom is 0.332 e. The summed E-state index contributed by atoms with van der Waals surface area (Å²) in [6, 6.07) is 21.4. The monoisotopic (exact) mass is 520 g/mol. The first kappa shape index (κ1) is 24.9. The number of hydrogen-bond donors (Lipinski definition) is 2. The molecule has 0 spiro atoms. The molecule has 4 aromatic rings. The molecule has 3 heterocycles. The van der Waals surface area contributed by atoms with Gasteiger partial charge in [-0.05, 0) is 54.2 Å². The number of fused-ring (bicyclic) bond motifs is 4. The van der Waals surface area contributed by atoms with Gasteiger partial charge in [-0.2, -0.15) is 0 Å². The van der Waals surface area contributed by atoms with Crippen LogP contribution in [0, 0.1) is 12.8 Å². The number of aryl methyl sites for hydroxylation is 1. The van der Waals surface area contributed by atoms with Crippen LogP contribution in [-0.4, -0.2) is 40.3 Å². The summed E-state index contributed by atoms with van der Waals surface area (Å²) in [6.07, 6.45) is 1.25. The molecular weight excluding hydrogens is 488 g/mol. The first-order valence-electron chi connectivity index (χ1n) is 13.5. The fraction of sp³-hybridized carbons (Fsp3) is 0.281. The van der Waals surface area contributed by atoms with E-state index in [1.807, 2.05) is 49.4 Å². The zero-order chi connectivity index (χ0) is 27.3. The molecule has 1 unspecified atom stereocenters. The van der Waals surface area contributed by atoms with Crippen LogP contribution < -0.4 is 10.2 Å². The number of H-pyrrole nitrogens is 1. The van der Waals surface area contributed by atoms with Crippen molar-refractivity contribution >= 4 is 34.4 Å². The number of aromatic nitrogens is 1. The number of nitrogens with one attached hydrogen (secondary N) is 2. The van der Waals surface area contributed by atoms with E-state index in [0.717, 1.165) is 39.7 Å². The zero-order valence-corrected chi connectivity index (χ0v) is 22.4. The lowest BCUT2D eigenvalue weighted by Crippen LogP contribution is -2.44. The zero-order valence-electron chi connectivity index (χ0n) is 22.4. The van der Waals surface area contributed by atoms with Crippen molar-refractivity contribution in [1.82, 2.24) is 15.2 Å². The van der Waals surface area contributed by atoms with Crippen molar-refractivity contribution in [2.45, 2.75) is 45.7 Å². The smallest absolute Gasteiger partial charge is 0.332 e. The van der Waals surface area contributed by atoms with Crippen LogP contribution in [0.15, 0.2) is 72.8 Å². The third kappa shape index (κ3) is 4.09. The van der Waals surface area contributed by atoms with Crippen molar-refractivity contribution < 1.29 is 14.4 Å². The number of carbonyl (C=O) groups excluding carboxylic acids is 3. The van der Waals surface area contributed by atoms with Gasteiger partial charge in [-0.15, -0.1) is 0 Å². The van der Waals surface area contributed by atoms with Crippen LogP contribution in [0.5, 0.6) is 0 Å². The lowest BCUT2D eigenvalue weighted by molar-refractivity contribution is -0.120. The number of anilines is 1. The number of amides is 4. The van der Waals surface area contributed by atoms with E-state index in [1.54, 1.807) is 29.2 Å². The molecule has 0 radical (unpaired) electrons. The molecule has 2 aliphatic heterocycles. The highest BCUT2D eigenvalue weighted by molar-refractivity contribution is 6.24. The molecular formula is C32H32N4O3. The summed E-state index contributed by atoms with van der Waals surface area (Å²) in [6.45, 7) is 6.75. The molecule has 3 aromatic carbocycles. The number of nitrogens with zero attached hydrogens (tertiary/aromatic N) is 2. The average molecular weight is 521 g/mol. The van der Waals surface area contributed by atoms with E-state index in [-0.39, 0.29) is 11.8 Å². The fourth-order valence-corrected chi connectivity index (χ4v) is 5.94. The van der Waals surface area contributed by atoms with E-state index in [4.69, 9.17) is 0 Å². The minimum atomic E-state index is -0.675. The molecule has 2 N–H and O–H groups in total. The Labute approximate surface area is 227 Å². The fourth-order valence-electron chi connectivity index (χ4n) is 5.94. The van der Waals surface area contributed by atoms with Crippen LogP contribution >= 0.6 is 0 Å². The molecule has 39 heavy (non-hydrogen) atoms. The number of urea groups is 1. The molecule has 0 aliphatic carbocycles. The second-order valence-electron chi connectivity index (χ2n) is 10.9. The van der Waals surface area contributed by atoms with Gasteiger partial charge in [-0.25, -0.2) is 9.69 Å². The first-order chi connectivity index (χ1) is 18.9. The summed E-state index contributed by atoms with van der Waals surface area (Å²) < 4.78 is 0. The highest BCUT2D eigenvalue weighted by atomic mass is 16.2. The molecule has 4 amide bonds. The Morgan fingerprint density at radius 2 is 1.72 bits per heavy atom. The SMILES string of the molecule is Cc1ccccc1C1c2[nH]c3ccccc3c2C[C@H]2C(=O)N(c3ccccc3C(=O)NCCC(C)C)C(=O)N12. The maximum absolute atomic E-state index is 14.2. The van der Waals surface area contributed by atoms with Crippen molar-refractivity contribution in [2.24, 2.45) is 5.92 Å². The number of hydrogen-bond acceptors (Lipinski definition) is 3. The van der Waals surface area contributed by atoms with Crippen molar-refractivity contribution in [2.75, 3.05) is 11.4 Å². The van der Waals surface area contributed by atoms with Crippen molar-refractivity contribution in [3.05, 3.63) is 101 Å². The minimum Gasteiger partial charge on any atom is -0.356 e. The number of para-hydroxylation sites is 2. The lowest BCUT2D eigenvalue weighted by Gasteiger charge is -2.36. The third-order valence-electron chi connectivity index (χ3n) is 7.93. The summed E-state index contributed by atoms with van der Waals surface area (Å²) >= 11 is 0. The number of imide groups is 1. The quantitative estimate of drug-likeness (QED) is 0.318. The van der Waals surface area contributed by atoms with E-state index in [2.05, 4.69) is 30.2 Å². The molecule has 0 bridgehead atoms. The number of carbonyl (C=O) groups is 3. The van der Waals surface area contributed by atoms with Gasteiger partial charge in [0, 0.05) is 29.6 Å². The summed E-state index contributed by atoms with van der Waals surface area (Å²) in [5.41, 5.74) is 5.63. The highest BCUT2D eigenvalue weighted by Crippen LogP contribution is 2.45. The molecule has 2 aliphatic rings. The van der Waals surface area contributed by atoms with E-state index < -0.39 is 18.1 Å². The van der Waals surface area contributed by atoms with Crippen LogP contribution in [0.1, 0.15) is 59.1 Å². The second-order valence-corrected chi connectivity index (χ2v) is 10.9. The molecule has 198 valence electrons. The summed E-state index contributed by atoms with van der Waals surface area (Å²) in [7, 11) is 0. The Morgan fingerprint density at radius 3 is 2.51 bits per heavy atom. The van der Waals surface area contributed by atoms with Gasteiger partial charge >= 0.3 is 6.03 Å². The van der Waals surface area contributed by atoms with E-state index in [0.29, 0.717) is 30.1 Å². The Balaban J connectivity index is 1.44. The van der Waals surface area contributed by atoms with E-state index in [9.17, 15) is 14.4 Å². The summed E-state index contributed by atoms with van der Waals surface area (Å²) in [5.74, 6) is -0.148. The standard InChI is InChI=1S/C32H32N4O3/c1-19(2)16-17-33-30(37)23-13-7-9-15-26(23)36-31(38)27-18-24-22-12-6-8-14-25(22)34-28(24)29(35(27)32(36)39)21-11-5-4-10-20(21)3/h4-15,19,27,29,34H,16-18H2,1-3H3,(H,33,37)/t27-,29?/m0/s1.